The van der Waals surface area contributed by atoms with E-state index in [1.165, 1.54) is 22.3 Å². The molecule has 0 bridgehead atoms. The lowest BCUT2D eigenvalue weighted by atomic mass is 9.93. The first-order chi connectivity index (χ1) is 16.9. The molecule has 5 nitrogen and oxygen atoms in total. The molecule has 1 saturated heterocycles. The van der Waals surface area contributed by atoms with Crippen LogP contribution in [0, 0.1) is 0 Å². The monoisotopic (exact) mass is 475 g/mol. The van der Waals surface area contributed by atoms with Gasteiger partial charge in [-0.05, 0) is 56.4 Å². The highest BCUT2D eigenvalue weighted by Gasteiger charge is 2.30. The highest BCUT2D eigenvalue weighted by atomic mass is 16.3. The Balaban J connectivity index is 1.40. The van der Waals surface area contributed by atoms with Crippen LogP contribution in [0.2, 0.25) is 0 Å². The molecule has 0 radical (unpaired) electrons. The van der Waals surface area contributed by atoms with Crippen molar-refractivity contribution in [3.8, 4) is 0 Å². The lowest BCUT2D eigenvalue weighted by molar-refractivity contribution is 0.0290. The van der Waals surface area contributed by atoms with Crippen LogP contribution in [0.15, 0.2) is 54.6 Å². The summed E-state index contributed by atoms with van der Waals surface area (Å²) >= 11 is 0. The van der Waals surface area contributed by atoms with Crippen LogP contribution in [-0.2, 0) is 13.1 Å². The first-order valence-electron chi connectivity index (χ1n) is 13.1. The Morgan fingerprint density at radius 3 is 2.29 bits per heavy atom. The Morgan fingerprint density at radius 2 is 1.69 bits per heavy atom. The smallest absolute Gasteiger partial charge is 0.188 e. The fraction of sp³-hybridized carbons (Fsp3) is 0.500. The molecule has 188 valence electrons. The van der Waals surface area contributed by atoms with Gasteiger partial charge in [0.05, 0.1) is 0 Å². The van der Waals surface area contributed by atoms with Crippen LogP contribution >= 0.6 is 0 Å². The minimum Gasteiger partial charge on any atom is -0.388 e. The molecule has 0 spiro atoms. The summed E-state index contributed by atoms with van der Waals surface area (Å²) in [6.07, 6.45) is 3.56. The van der Waals surface area contributed by atoms with Gasteiger partial charge < -0.3 is 5.11 Å². The molecule has 35 heavy (non-hydrogen) atoms. The summed E-state index contributed by atoms with van der Waals surface area (Å²) in [6.45, 7) is 14.9. The zero-order chi connectivity index (χ0) is 24.9. The van der Waals surface area contributed by atoms with Crippen molar-refractivity contribution < 1.29 is 9.90 Å². The first-order valence-corrected chi connectivity index (χ1v) is 13.1. The molecule has 2 aromatic carbocycles. The molecule has 5 heteroatoms. The van der Waals surface area contributed by atoms with E-state index in [1.54, 1.807) is 0 Å². The van der Waals surface area contributed by atoms with Crippen LogP contribution in [-0.4, -0.2) is 76.5 Å². The number of rotatable bonds is 8. The number of aliphatic hydroxyl groups is 1. The van der Waals surface area contributed by atoms with Gasteiger partial charge in [0, 0.05) is 63.0 Å². The molecule has 2 atom stereocenters. The van der Waals surface area contributed by atoms with Gasteiger partial charge in [0.25, 0.3) is 0 Å². The van der Waals surface area contributed by atoms with Gasteiger partial charge in [-0.3, -0.25) is 19.5 Å². The van der Waals surface area contributed by atoms with Crippen molar-refractivity contribution in [1.29, 1.82) is 0 Å². The molecule has 0 amide bonds. The van der Waals surface area contributed by atoms with E-state index in [0.717, 1.165) is 45.7 Å². The SMILES string of the molecule is CC(C)N1CC=C(c2ccccc2CN2[C@H](C)CN(Cc3ccc(C(=O)CO)cc3)C[C@@H]2C)CC1. The number of nitrogens with zero attached hydrogens (tertiary/aromatic N) is 3. The van der Waals surface area contributed by atoms with Gasteiger partial charge in [-0.2, -0.15) is 0 Å². The van der Waals surface area contributed by atoms with Gasteiger partial charge in [0.1, 0.15) is 6.61 Å². The normalized spacial score (nSPS) is 22.4. The number of aliphatic hydroxyl groups excluding tert-OH is 1. The van der Waals surface area contributed by atoms with Crippen LogP contribution in [0.25, 0.3) is 5.57 Å². The summed E-state index contributed by atoms with van der Waals surface area (Å²) in [7, 11) is 0. The summed E-state index contributed by atoms with van der Waals surface area (Å²) in [5, 5.41) is 9.06. The van der Waals surface area contributed by atoms with Gasteiger partial charge in [-0.1, -0.05) is 54.6 Å². The Labute approximate surface area is 211 Å². The van der Waals surface area contributed by atoms with Crippen LogP contribution < -0.4 is 0 Å². The van der Waals surface area contributed by atoms with E-state index < -0.39 is 6.61 Å². The molecule has 0 saturated carbocycles. The van der Waals surface area contributed by atoms with Crippen LogP contribution in [0.1, 0.15) is 61.2 Å². The zero-order valence-corrected chi connectivity index (χ0v) is 21.8. The average molecular weight is 476 g/mol. The van der Waals surface area contributed by atoms with E-state index >= 15 is 0 Å². The van der Waals surface area contributed by atoms with Crippen molar-refractivity contribution >= 4 is 11.4 Å². The molecular weight excluding hydrogens is 434 g/mol. The minimum absolute atomic E-state index is 0.228. The van der Waals surface area contributed by atoms with Crippen molar-refractivity contribution in [1.82, 2.24) is 14.7 Å². The van der Waals surface area contributed by atoms with Crippen LogP contribution in [0.4, 0.5) is 0 Å². The van der Waals surface area contributed by atoms with Gasteiger partial charge in [0.15, 0.2) is 5.78 Å². The maximum Gasteiger partial charge on any atom is 0.188 e. The van der Waals surface area contributed by atoms with Crippen molar-refractivity contribution in [3.05, 3.63) is 76.9 Å². The zero-order valence-electron chi connectivity index (χ0n) is 21.8. The van der Waals surface area contributed by atoms with Crippen molar-refractivity contribution in [3.63, 3.8) is 0 Å². The maximum atomic E-state index is 11.7. The lowest BCUT2D eigenvalue weighted by Crippen LogP contribution is -2.55. The quantitative estimate of drug-likeness (QED) is 0.572. The number of carbonyl (C=O) groups excluding carboxylic acids is 1. The summed E-state index contributed by atoms with van der Waals surface area (Å²) in [4.78, 5) is 19.4. The Hall–Kier alpha value is -2.31. The standard InChI is InChI=1S/C30H41N3O2/c1-22(2)32-15-13-26(14-16-32)29-8-6-5-7-28(29)20-33-23(3)17-31(18-24(33)4)19-25-9-11-27(12-10-25)30(35)21-34/h5-13,22-24,34H,14-21H2,1-4H3/t23-,24+. The number of piperazine rings is 1. The summed E-state index contributed by atoms with van der Waals surface area (Å²) < 4.78 is 0. The Morgan fingerprint density at radius 1 is 1.00 bits per heavy atom. The summed E-state index contributed by atoms with van der Waals surface area (Å²) in [6, 6.07) is 18.2. The molecule has 1 N–H and O–H groups in total. The lowest BCUT2D eigenvalue weighted by Gasteiger charge is -2.45. The highest BCUT2D eigenvalue weighted by Crippen LogP contribution is 2.29. The molecule has 0 unspecified atom stereocenters. The Kier molecular flexibility index (Phi) is 8.55. The minimum atomic E-state index is -0.437. The number of hydrogen-bond acceptors (Lipinski definition) is 5. The van der Waals surface area contributed by atoms with E-state index in [1.807, 2.05) is 24.3 Å². The topological polar surface area (TPSA) is 47.0 Å². The van der Waals surface area contributed by atoms with E-state index in [9.17, 15) is 4.79 Å². The number of Topliss-reactive ketones (excluding diaryl/α,β-unsaturated/α-hetero) is 1. The van der Waals surface area contributed by atoms with Crippen LogP contribution in [0.5, 0.6) is 0 Å². The first kappa shape index (κ1) is 25.8. The van der Waals surface area contributed by atoms with Crippen molar-refractivity contribution in [2.24, 2.45) is 0 Å². The van der Waals surface area contributed by atoms with E-state index in [-0.39, 0.29) is 5.78 Å². The molecule has 0 aliphatic carbocycles. The third-order valence-electron chi connectivity index (χ3n) is 7.69. The number of carbonyl (C=O) groups is 1. The second-order valence-corrected chi connectivity index (χ2v) is 10.6. The predicted molar refractivity (Wildman–Crippen MR) is 143 cm³/mol. The van der Waals surface area contributed by atoms with Gasteiger partial charge >= 0.3 is 0 Å². The molecule has 2 heterocycles. The van der Waals surface area contributed by atoms with Gasteiger partial charge in [-0.15, -0.1) is 0 Å². The van der Waals surface area contributed by atoms with Gasteiger partial charge in [-0.25, -0.2) is 0 Å². The van der Waals surface area contributed by atoms with E-state index in [4.69, 9.17) is 5.11 Å². The van der Waals surface area contributed by atoms with Gasteiger partial charge in [0.2, 0.25) is 0 Å². The highest BCUT2D eigenvalue weighted by molar-refractivity contribution is 5.96. The maximum absolute atomic E-state index is 11.7. The van der Waals surface area contributed by atoms with E-state index in [0.29, 0.717) is 23.7 Å². The predicted octanol–water partition coefficient (Wildman–Crippen LogP) is 4.45. The molecular formula is C30H41N3O2. The number of hydrogen-bond donors (Lipinski definition) is 1. The molecule has 1 fully saturated rings. The van der Waals surface area contributed by atoms with Crippen LogP contribution in [0.3, 0.4) is 0 Å². The molecule has 4 rings (SSSR count). The number of benzene rings is 2. The third-order valence-corrected chi connectivity index (χ3v) is 7.69. The van der Waals surface area contributed by atoms with E-state index in [2.05, 4.69) is 72.7 Å². The number of ketones is 1. The summed E-state index contributed by atoms with van der Waals surface area (Å²) in [5.41, 5.74) is 6.15. The fourth-order valence-electron chi connectivity index (χ4n) is 5.62. The summed E-state index contributed by atoms with van der Waals surface area (Å²) in [5.74, 6) is -0.228. The molecule has 2 aliphatic heterocycles. The second kappa shape index (κ2) is 11.6. The largest absolute Gasteiger partial charge is 0.388 e. The van der Waals surface area contributed by atoms with Crippen molar-refractivity contribution in [2.75, 3.05) is 32.8 Å². The van der Waals surface area contributed by atoms with Crippen molar-refractivity contribution in [2.45, 2.75) is 65.3 Å². The average Bonchev–Trinajstić information content (AvgIpc) is 2.86. The Bertz CT molecular complexity index is 1020. The second-order valence-electron chi connectivity index (χ2n) is 10.6. The molecule has 2 aromatic rings. The fourth-order valence-corrected chi connectivity index (χ4v) is 5.62. The third kappa shape index (κ3) is 6.28. The molecule has 2 aliphatic rings. The molecule has 0 aromatic heterocycles.